The Labute approximate surface area is 122 Å². The molecule has 106 valence electrons. The first-order chi connectivity index (χ1) is 10.2. The van der Waals surface area contributed by atoms with E-state index in [9.17, 15) is 4.79 Å². The first-order valence-corrected chi connectivity index (χ1v) is 6.38. The van der Waals surface area contributed by atoms with E-state index in [1.807, 2.05) is 24.3 Å². The van der Waals surface area contributed by atoms with E-state index < -0.39 is 5.97 Å². The highest BCUT2D eigenvalue weighted by Gasteiger charge is 2.07. The third kappa shape index (κ3) is 4.01. The zero-order valence-corrected chi connectivity index (χ0v) is 11.4. The molecule has 0 fully saturated rings. The van der Waals surface area contributed by atoms with Gasteiger partial charge in [-0.2, -0.15) is 0 Å². The summed E-state index contributed by atoms with van der Waals surface area (Å²) in [7, 11) is 0. The summed E-state index contributed by atoms with van der Waals surface area (Å²) >= 11 is 0. The largest absolute Gasteiger partial charge is 0.478 e. The molecule has 5 heteroatoms. The van der Waals surface area contributed by atoms with Crippen LogP contribution in [0.5, 0.6) is 0 Å². The van der Waals surface area contributed by atoms with E-state index in [0.29, 0.717) is 18.1 Å². The van der Waals surface area contributed by atoms with Crippen LogP contribution in [0.4, 0.5) is 5.82 Å². The van der Waals surface area contributed by atoms with Gasteiger partial charge in [0.1, 0.15) is 5.69 Å². The molecule has 0 atom stereocenters. The maximum absolute atomic E-state index is 10.6. The average molecular weight is 281 g/mol. The molecule has 21 heavy (non-hydrogen) atoms. The van der Waals surface area contributed by atoms with Crippen LogP contribution in [0.15, 0.2) is 55.4 Å². The number of hydrogen-bond donors (Lipinski definition) is 2. The number of nitrogens with one attached hydrogen (secondary N) is 1. The molecule has 5 nitrogen and oxygen atoms in total. The van der Waals surface area contributed by atoms with Crippen LogP contribution < -0.4 is 5.32 Å². The van der Waals surface area contributed by atoms with Crippen LogP contribution in [0, 0.1) is 0 Å². The van der Waals surface area contributed by atoms with Crippen molar-refractivity contribution in [3.05, 3.63) is 61.0 Å². The molecule has 0 aliphatic carbocycles. The summed E-state index contributed by atoms with van der Waals surface area (Å²) in [6.07, 6.45) is 7.62. The second-order valence-corrected chi connectivity index (χ2v) is 4.22. The van der Waals surface area contributed by atoms with Gasteiger partial charge in [-0.3, -0.25) is 4.98 Å². The summed E-state index contributed by atoms with van der Waals surface area (Å²) in [5.41, 5.74) is 2.36. The number of benzene rings is 1. The van der Waals surface area contributed by atoms with Gasteiger partial charge in [0.2, 0.25) is 0 Å². The van der Waals surface area contributed by atoms with E-state index in [1.54, 1.807) is 24.5 Å². The van der Waals surface area contributed by atoms with Crippen molar-refractivity contribution in [2.24, 2.45) is 0 Å². The Balaban J connectivity index is 2.35. The molecule has 1 heterocycles. The molecule has 0 radical (unpaired) electrons. The van der Waals surface area contributed by atoms with Gasteiger partial charge in [0.15, 0.2) is 5.82 Å². The van der Waals surface area contributed by atoms with Crippen LogP contribution in [0.25, 0.3) is 17.3 Å². The molecule has 2 N–H and O–H groups in total. The number of anilines is 1. The maximum atomic E-state index is 10.6. The summed E-state index contributed by atoms with van der Waals surface area (Å²) in [5.74, 6) is -0.315. The first kappa shape index (κ1) is 14.5. The second kappa shape index (κ2) is 7.00. The zero-order chi connectivity index (χ0) is 15.1. The van der Waals surface area contributed by atoms with Crippen LogP contribution >= 0.6 is 0 Å². The van der Waals surface area contributed by atoms with E-state index in [0.717, 1.165) is 17.2 Å². The summed E-state index contributed by atoms with van der Waals surface area (Å²) in [6.45, 7) is 4.25. The van der Waals surface area contributed by atoms with Crippen LogP contribution in [-0.2, 0) is 4.79 Å². The fourth-order valence-electron chi connectivity index (χ4n) is 1.80. The number of aliphatic carboxylic acids is 1. The van der Waals surface area contributed by atoms with E-state index in [4.69, 9.17) is 5.11 Å². The summed E-state index contributed by atoms with van der Waals surface area (Å²) < 4.78 is 0. The molecule has 0 unspecified atom stereocenters. The number of nitrogens with zero attached hydrogens (tertiary/aromatic N) is 2. The number of hydrogen-bond acceptors (Lipinski definition) is 4. The van der Waals surface area contributed by atoms with Gasteiger partial charge in [-0.1, -0.05) is 24.3 Å². The van der Waals surface area contributed by atoms with Crippen LogP contribution in [0.1, 0.15) is 5.56 Å². The topological polar surface area (TPSA) is 75.1 Å². The first-order valence-electron chi connectivity index (χ1n) is 6.38. The van der Waals surface area contributed by atoms with Crippen molar-refractivity contribution >= 4 is 17.9 Å². The standard InChI is InChI=1S/C16H15N3O2/c1-2-8-18-16-15(17-9-10-19-16)13-5-3-4-12(11-13)6-7-14(20)21/h2-7,9-11H,1,8H2,(H,18,19)(H,20,21)/b7-6+. The monoisotopic (exact) mass is 281 g/mol. The van der Waals surface area contributed by atoms with Gasteiger partial charge >= 0.3 is 5.97 Å². The van der Waals surface area contributed by atoms with Crippen molar-refractivity contribution in [3.8, 4) is 11.3 Å². The van der Waals surface area contributed by atoms with E-state index in [2.05, 4.69) is 21.9 Å². The lowest BCUT2D eigenvalue weighted by Gasteiger charge is -2.09. The Kier molecular flexibility index (Phi) is 4.82. The van der Waals surface area contributed by atoms with Gasteiger partial charge in [0.25, 0.3) is 0 Å². The van der Waals surface area contributed by atoms with Crippen molar-refractivity contribution in [2.75, 3.05) is 11.9 Å². The Morgan fingerprint density at radius 2 is 2.14 bits per heavy atom. The highest BCUT2D eigenvalue weighted by molar-refractivity contribution is 5.85. The Hall–Kier alpha value is -2.95. The summed E-state index contributed by atoms with van der Waals surface area (Å²) in [5, 5.41) is 11.8. The molecule has 2 rings (SSSR count). The maximum Gasteiger partial charge on any atom is 0.328 e. The molecule has 2 aromatic rings. The third-order valence-corrected chi connectivity index (χ3v) is 2.69. The molecule has 1 aromatic heterocycles. The predicted molar refractivity (Wildman–Crippen MR) is 82.8 cm³/mol. The molecule has 0 aliphatic rings. The van der Waals surface area contributed by atoms with E-state index >= 15 is 0 Å². The Morgan fingerprint density at radius 3 is 2.90 bits per heavy atom. The lowest BCUT2D eigenvalue weighted by Crippen LogP contribution is -2.03. The van der Waals surface area contributed by atoms with Gasteiger partial charge in [-0.25, -0.2) is 9.78 Å². The van der Waals surface area contributed by atoms with Crippen molar-refractivity contribution in [1.82, 2.24) is 9.97 Å². The average Bonchev–Trinajstić information content (AvgIpc) is 2.51. The molecule has 0 saturated carbocycles. The van der Waals surface area contributed by atoms with Crippen LogP contribution in [0.3, 0.4) is 0 Å². The summed E-state index contributed by atoms with van der Waals surface area (Å²) in [6, 6.07) is 7.45. The fraction of sp³-hybridized carbons (Fsp3) is 0.0625. The quantitative estimate of drug-likeness (QED) is 0.629. The lowest BCUT2D eigenvalue weighted by molar-refractivity contribution is -0.131. The lowest BCUT2D eigenvalue weighted by atomic mass is 10.1. The highest BCUT2D eigenvalue weighted by Crippen LogP contribution is 2.24. The summed E-state index contributed by atoms with van der Waals surface area (Å²) in [4.78, 5) is 19.2. The van der Waals surface area contributed by atoms with Gasteiger partial charge in [-0.05, 0) is 17.7 Å². The molecule has 0 amide bonds. The number of aromatic nitrogens is 2. The predicted octanol–water partition coefficient (Wildman–Crippen LogP) is 2.84. The van der Waals surface area contributed by atoms with Gasteiger partial charge in [0.05, 0.1) is 0 Å². The molecule has 0 saturated heterocycles. The molecular formula is C16H15N3O2. The second-order valence-electron chi connectivity index (χ2n) is 4.22. The van der Waals surface area contributed by atoms with Gasteiger partial charge in [0, 0.05) is 30.6 Å². The number of carboxylic acid groups (broad SMARTS) is 1. The SMILES string of the molecule is C=CCNc1nccnc1-c1cccc(/C=C/C(=O)O)c1. The molecule has 0 spiro atoms. The minimum atomic E-state index is -0.978. The van der Waals surface area contributed by atoms with E-state index in [-0.39, 0.29) is 0 Å². The smallest absolute Gasteiger partial charge is 0.328 e. The van der Waals surface area contributed by atoms with Crippen molar-refractivity contribution in [1.29, 1.82) is 0 Å². The van der Waals surface area contributed by atoms with Gasteiger partial charge in [-0.15, -0.1) is 6.58 Å². The minimum absolute atomic E-state index is 0.588. The Morgan fingerprint density at radius 1 is 1.33 bits per heavy atom. The van der Waals surface area contributed by atoms with Gasteiger partial charge < -0.3 is 10.4 Å². The van der Waals surface area contributed by atoms with Crippen molar-refractivity contribution < 1.29 is 9.90 Å². The minimum Gasteiger partial charge on any atom is -0.478 e. The molecule has 0 aliphatic heterocycles. The molecule has 0 bridgehead atoms. The fourth-order valence-corrected chi connectivity index (χ4v) is 1.80. The van der Waals surface area contributed by atoms with Crippen LogP contribution in [-0.4, -0.2) is 27.6 Å². The number of carbonyl (C=O) groups is 1. The third-order valence-electron chi connectivity index (χ3n) is 2.69. The molecular weight excluding hydrogens is 266 g/mol. The number of carboxylic acids is 1. The van der Waals surface area contributed by atoms with Crippen molar-refractivity contribution in [2.45, 2.75) is 0 Å². The molecule has 1 aromatic carbocycles. The normalized spacial score (nSPS) is 10.5. The van der Waals surface area contributed by atoms with E-state index in [1.165, 1.54) is 0 Å². The highest BCUT2D eigenvalue weighted by atomic mass is 16.4. The van der Waals surface area contributed by atoms with Crippen LogP contribution in [0.2, 0.25) is 0 Å². The Bertz CT molecular complexity index is 681. The number of rotatable bonds is 6. The zero-order valence-electron chi connectivity index (χ0n) is 11.4. The van der Waals surface area contributed by atoms with Crippen molar-refractivity contribution in [3.63, 3.8) is 0 Å².